The first kappa shape index (κ1) is 14.3. The maximum atomic E-state index is 13.1. The first-order valence-corrected chi connectivity index (χ1v) is 6.30. The Kier molecular flexibility index (Phi) is 4.40. The molecular formula is C14H10Cl2F2O. The van der Waals surface area contributed by atoms with Gasteiger partial charge in [-0.15, -0.1) is 0 Å². The van der Waals surface area contributed by atoms with E-state index in [4.69, 9.17) is 23.2 Å². The van der Waals surface area contributed by atoms with E-state index < -0.39 is 17.7 Å². The van der Waals surface area contributed by atoms with E-state index in [0.29, 0.717) is 15.6 Å². The molecule has 2 aromatic carbocycles. The second kappa shape index (κ2) is 5.87. The Hall–Kier alpha value is -1.16. The average molecular weight is 303 g/mol. The van der Waals surface area contributed by atoms with E-state index in [1.54, 1.807) is 18.2 Å². The number of rotatable bonds is 3. The lowest BCUT2D eigenvalue weighted by Crippen LogP contribution is -2.04. The molecule has 0 spiro atoms. The number of benzene rings is 2. The summed E-state index contributed by atoms with van der Waals surface area (Å²) >= 11 is 12.0. The molecule has 1 atom stereocenters. The normalized spacial score (nSPS) is 12.5. The molecule has 1 N–H and O–H groups in total. The SMILES string of the molecule is OC(Cc1c(Cl)cccc1Cl)c1ccc(F)c(F)c1. The van der Waals surface area contributed by atoms with Crippen molar-refractivity contribution in [2.45, 2.75) is 12.5 Å². The summed E-state index contributed by atoms with van der Waals surface area (Å²) < 4.78 is 25.9. The Bertz CT molecular complexity index is 582. The highest BCUT2D eigenvalue weighted by Crippen LogP contribution is 2.29. The number of aliphatic hydroxyl groups is 1. The van der Waals surface area contributed by atoms with Gasteiger partial charge in [0.15, 0.2) is 11.6 Å². The Morgan fingerprint density at radius 1 is 1.00 bits per heavy atom. The van der Waals surface area contributed by atoms with Crippen molar-refractivity contribution < 1.29 is 13.9 Å². The molecule has 5 heteroatoms. The lowest BCUT2D eigenvalue weighted by atomic mass is 10.0. The zero-order chi connectivity index (χ0) is 14.0. The van der Waals surface area contributed by atoms with Crippen molar-refractivity contribution in [1.29, 1.82) is 0 Å². The molecule has 0 aromatic heterocycles. The van der Waals surface area contributed by atoms with E-state index in [9.17, 15) is 13.9 Å². The fraction of sp³-hybridized carbons (Fsp3) is 0.143. The van der Waals surface area contributed by atoms with Gasteiger partial charge in [0.05, 0.1) is 6.10 Å². The largest absolute Gasteiger partial charge is 0.388 e. The van der Waals surface area contributed by atoms with Gasteiger partial charge < -0.3 is 5.11 Å². The molecule has 2 rings (SSSR count). The van der Waals surface area contributed by atoms with Crippen LogP contribution < -0.4 is 0 Å². The van der Waals surface area contributed by atoms with Crippen molar-refractivity contribution in [3.8, 4) is 0 Å². The van der Waals surface area contributed by atoms with Gasteiger partial charge in [0.2, 0.25) is 0 Å². The van der Waals surface area contributed by atoms with E-state index in [2.05, 4.69) is 0 Å². The monoisotopic (exact) mass is 302 g/mol. The summed E-state index contributed by atoms with van der Waals surface area (Å²) in [6, 6.07) is 8.26. The van der Waals surface area contributed by atoms with E-state index in [1.165, 1.54) is 6.07 Å². The molecular weight excluding hydrogens is 293 g/mol. The molecule has 1 unspecified atom stereocenters. The van der Waals surface area contributed by atoms with Gasteiger partial charge in [0, 0.05) is 16.5 Å². The summed E-state index contributed by atoms with van der Waals surface area (Å²) in [7, 11) is 0. The lowest BCUT2D eigenvalue weighted by Gasteiger charge is -2.13. The van der Waals surface area contributed by atoms with Gasteiger partial charge in [-0.25, -0.2) is 8.78 Å². The lowest BCUT2D eigenvalue weighted by molar-refractivity contribution is 0.178. The van der Waals surface area contributed by atoms with Gasteiger partial charge in [-0.1, -0.05) is 35.3 Å². The van der Waals surface area contributed by atoms with Crippen LogP contribution in [0.25, 0.3) is 0 Å². The number of hydrogen-bond donors (Lipinski definition) is 1. The number of hydrogen-bond acceptors (Lipinski definition) is 1. The van der Waals surface area contributed by atoms with Crippen LogP contribution in [-0.4, -0.2) is 5.11 Å². The van der Waals surface area contributed by atoms with E-state index >= 15 is 0 Å². The van der Waals surface area contributed by atoms with E-state index in [0.717, 1.165) is 12.1 Å². The third-order valence-corrected chi connectivity index (χ3v) is 3.50. The van der Waals surface area contributed by atoms with E-state index in [1.807, 2.05) is 0 Å². The summed E-state index contributed by atoms with van der Waals surface area (Å²) in [6.07, 6.45) is -0.878. The first-order chi connectivity index (χ1) is 8.99. The van der Waals surface area contributed by atoms with Crippen LogP contribution in [0.3, 0.4) is 0 Å². The van der Waals surface area contributed by atoms with Crippen molar-refractivity contribution in [2.75, 3.05) is 0 Å². The Morgan fingerprint density at radius 3 is 2.21 bits per heavy atom. The molecule has 0 saturated heterocycles. The highest BCUT2D eigenvalue weighted by Gasteiger charge is 2.15. The zero-order valence-corrected chi connectivity index (χ0v) is 11.2. The molecule has 0 bridgehead atoms. The predicted molar refractivity (Wildman–Crippen MR) is 71.5 cm³/mol. The van der Waals surface area contributed by atoms with Crippen molar-refractivity contribution in [3.05, 3.63) is 69.2 Å². The van der Waals surface area contributed by atoms with Crippen LogP contribution in [-0.2, 0) is 6.42 Å². The van der Waals surface area contributed by atoms with Crippen LogP contribution in [0.1, 0.15) is 17.2 Å². The van der Waals surface area contributed by atoms with Crippen LogP contribution in [0.15, 0.2) is 36.4 Å². The number of halogens is 4. The van der Waals surface area contributed by atoms with Crippen molar-refractivity contribution in [2.24, 2.45) is 0 Å². The Morgan fingerprint density at radius 2 is 1.63 bits per heavy atom. The molecule has 1 nitrogen and oxygen atoms in total. The molecule has 19 heavy (non-hydrogen) atoms. The van der Waals surface area contributed by atoms with Crippen LogP contribution in [0.4, 0.5) is 8.78 Å². The van der Waals surface area contributed by atoms with Crippen LogP contribution in [0.2, 0.25) is 10.0 Å². The third kappa shape index (κ3) is 3.24. The molecule has 100 valence electrons. The smallest absolute Gasteiger partial charge is 0.159 e. The van der Waals surface area contributed by atoms with Crippen LogP contribution >= 0.6 is 23.2 Å². The summed E-state index contributed by atoms with van der Waals surface area (Å²) in [5.74, 6) is -1.95. The maximum Gasteiger partial charge on any atom is 0.159 e. The molecule has 2 aromatic rings. The maximum absolute atomic E-state index is 13.1. The molecule has 0 radical (unpaired) electrons. The fourth-order valence-electron chi connectivity index (χ4n) is 1.76. The fourth-order valence-corrected chi connectivity index (χ4v) is 2.31. The second-order valence-corrected chi connectivity index (χ2v) is 4.91. The van der Waals surface area contributed by atoms with Crippen molar-refractivity contribution in [3.63, 3.8) is 0 Å². The minimum Gasteiger partial charge on any atom is -0.388 e. The molecule has 0 aliphatic rings. The predicted octanol–water partition coefficient (Wildman–Crippen LogP) is 4.55. The quantitative estimate of drug-likeness (QED) is 0.882. The Balaban J connectivity index is 2.25. The van der Waals surface area contributed by atoms with Gasteiger partial charge in [-0.3, -0.25) is 0 Å². The van der Waals surface area contributed by atoms with Gasteiger partial charge >= 0.3 is 0 Å². The summed E-state index contributed by atoms with van der Waals surface area (Å²) in [4.78, 5) is 0. The molecule has 0 amide bonds. The first-order valence-electron chi connectivity index (χ1n) is 5.55. The van der Waals surface area contributed by atoms with Crippen LogP contribution in [0.5, 0.6) is 0 Å². The van der Waals surface area contributed by atoms with Crippen molar-refractivity contribution >= 4 is 23.2 Å². The minimum atomic E-state index is -1.01. The number of aliphatic hydroxyl groups excluding tert-OH is 1. The minimum absolute atomic E-state index is 0.129. The van der Waals surface area contributed by atoms with Gasteiger partial charge in [-0.05, 0) is 35.4 Å². The molecule has 0 fully saturated rings. The zero-order valence-electron chi connectivity index (χ0n) is 9.71. The molecule has 0 aliphatic carbocycles. The van der Waals surface area contributed by atoms with E-state index in [-0.39, 0.29) is 12.0 Å². The summed E-state index contributed by atoms with van der Waals surface area (Å²) in [5.41, 5.74) is 0.845. The molecule has 0 aliphatic heterocycles. The molecule has 0 heterocycles. The summed E-state index contributed by atoms with van der Waals surface area (Å²) in [6.45, 7) is 0. The van der Waals surface area contributed by atoms with Gasteiger partial charge in [-0.2, -0.15) is 0 Å². The topological polar surface area (TPSA) is 20.2 Å². The second-order valence-electron chi connectivity index (χ2n) is 4.09. The summed E-state index contributed by atoms with van der Waals surface area (Å²) in [5, 5.41) is 10.9. The van der Waals surface area contributed by atoms with Crippen LogP contribution in [0, 0.1) is 11.6 Å². The Labute approximate surface area is 119 Å². The molecule has 0 saturated carbocycles. The van der Waals surface area contributed by atoms with Crippen molar-refractivity contribution in [1.82, 2.24) is 0 Å². The highest BCUT2D eigenvalue weighted by atomic mass is 35.5. The van der Waals surface area contributed by atoms with Gasteiger partial charge in [0.25, 0.3) is 0 Å². The standard InChI is InChI=1S/C14H10Cl2F2O/c15-10-2-1-3-11(16)9(10)7-14(19)8-4-5-12(17)13(18)6-8/h1-6,14,19H,7H2. The van der Waals surface area contributed by atoms with Gasteiger partial charge in [0.1, 0.15) is 0 Å². The third-order valence-electron chi connectivity index (χ3n) is 2.79. The highest BCUT2D eigenvalue weighted by molar-refractivity contribution is 6.35. The average Bonchev–Trinajstić information content (AvgIpc) is 2.37.